The van der Waals surface area contributed by atoms with Crippen LogP contribution in [0.2, 0.25) is 0 Å². The first-order valence-corrected chi connectivity index (χ1v) is 12.9. The summed E-state index contributed by atoms with van der Waals surface area (Å²) in [6.07, 6.45) is 2.49. The maximum Gasteiger partial charge on any atom is 0.415 e. The molecule has 1 aliphatic carbocycles. The van der Waals surface area contributed by atoms with E-state index in [1.807, 2.05) is 20.2 Å². The van der Waals surface area contributed by atoms with Gasteiger partial charge >= 0.3 is 6.09 Å². The molecule has 3 atom stereocenters. The lowest BCUT2D eigenvalue weighted by Gasteiger charge is -2.19. The fourth-order valence-corrected chi connectivity index (χ4v) is 4.89. The van der Waals surface area contributed by atoms with Gasteiger partial charge in [-0.3, -0.25) is 19.4 Å². The minimum Gasteiger partial charge on any atom is -0.465 e. The number of cyclic esters (lactones) is 1. The molecule has 3 aliphatic rings. The fourth-order valence-electron chi connectivity index (χ4n) is 4.89. The van der Waals surface area contributed by atoms with Crippen LogP contribution >= 0.6 is 0 Å². The van der Waals surface area contributed by atoms with Crippen LogP contribution in [0.4, 0.5) is 26.5 Å². The molecule has 13 heteroatoms. The van der Waals surface area contributed by atoms with Crippen molar-refractivity contribution in [3.05, 3.63) is 35.3 Å². The van der Waals surface area contributed by atoms with Crippen molar-refractivity contribution in [2.75, 3.05) is 55.9 Å². The van der Waals surface area contributed by atoms with Gasteiger partial charge in [-0.1, -0.05) is 0 Å². The average Bonchev–Trinajstić information content (AvgIpc) is 3.48. The summed E-state index contributed by atoms with van der Waals surface area (Å²) >= 11 is 0. The molecule has 3 amide bonds. The first kappa shape index (κ1) is 26.8. The molecule has 3 heterocycles. The van der Waals surface area contributed by atoms with Crippen LogP contribution in [0.3, 0.4) is 0 Å². The number of hydrogen-bond donors (Lipinski definition) is 3. The minimum absolute atomic E-state index is 0.126. The zero-order valence-corrected chi connectivity index (χ0v) is 22.1. The molecule has 2 aliphatic heterocycles. The Bertz CT molecular complexity index is 1290. The Hall–Kier alpha value is -3.84. The molecule has 1 saturated heterocycles. The Morgan fingerprint density at radius 1 is 1.31 bits per heavy atom. The monoisotopic (exact) mass is 541 g/mol. The van der Waals surface area contributed by atoms with Gasteiger partial charge in [0, 0.05) is 5.69 Å². The van der Waals surface area contributed by atoms with Crippen LogP contribution in [0.1, 0.15) is 24.5 Å². The molecule has 5 rings (SSSR count). The van der Waals surface area contributed by atoms with Gasteiger partial charge in [0.15, 0.2) is 18.2 Å². The van der Waals surface area contributed by atoms with E-state index in [1.54, 1.807) is 11.8 Å². The van der Waals surface area contributed by atoms with Crippen molar-refractivity contribution in [1.29, 1.82) is 0 Å². The van der Waals surface area contributed by atoms with Gasteiger partial charge in [0.05, 0.1) is 18.8 Å². The Balaban J connectivity index is 1.08. The molecule has 1 fully saturated rings. The highest BCUT2D eigenvalue weighted by Crippen LogP contribution is 2.32. The van der Waals surface area contributed by atoms with Crippen molar-refractivity contribution in [1.82, 2.24) is 20.2 Å². The second-order valence-corrected chi connectivity index (χ2v) is 10.3. The summed E-state index contributed by atoms with van der Waals surface area (Å²) in [4.78, 5) is 47.9. The normalized spacial score (nSPS) is 20.7. The van der Waals surface area contributed by atoms with Gasteiger partial charge in [0.2, 0.25) is 5.91 Å². The van der Waals surface area contributed by atoms with Crippen molar-refractivity contribution < 1.29 is 28.2 Å². The highest BCUT2D eigenvalue weighted by Gasteiger charge is 2.34. The molecule has 1 aromatic heterocycles. The highest BCUT2D eigenvalue weighted by atomic mass is 19.1. The Kier molecular flexibility index (Phi) is 7.62. The van der Waals surface area contributed by atoms with E-state index >= 15 is 0 Å². The number of carbonyl (C=O) groups excluding carboxylic acids is 3. The molecular formula is C26H32FN7O5. The summed E-state index contributed by atoms with van der Waals surface area (Å²) < 4.78 is 25.5. The number of likely N-dealkylation sites (N-methyl/N-ethyl adjacent to an activating group) is 1. The predicted octanol–water partition coefficient (Wildman–Crippen LogP) is 1.56. The van der Waals surface area contributed by atoms with Gasteiger partial charge in [-0.25, -0.2) is 19.2 Å². The van der Waals surface area contributed by atoms with Crippen molar-refractivity contribution >= 4 is 35.2 Å². The number of halogens is 1. The number of ether oxygens (including phenoxy) is 2. The molecule has 0 spiro atoms. The summed E-state index contributed by atoms with van der Waals surface area (Å²) in [6.45, 7) is 3.28. The SMILES string of the molecule is CC(C(=O)Nc1cc(F)c2c(c1)CC(CNCC[C@@H]1CN(c3cnc4c(n3)NC(=O)CO4)C(=O)O1)C2)N(C)C. The van der Waals surface area contributed by atoms with Crippen molar-refractivity contribution in [3.8, 4) is 5.88 Å². The standard InChI is InChI=1S/C26H32FN7O5/c1-14(33(2)3)24(36)30-17-8-16-6-15(7-19(16)20(27)9-17)10-28-5-4-18-12-34(26(37)39-18)21-11-29-25-23(31-21)32-22(35)13-38-25/h8-9,11,14-15,18,28H,4-7,10,12-13H2,1-3H3,(H,30,36)(H,31,32,35)/t14?,15?,18-/m1/s1. The molecule has 0 bridgehead atoms. The topological polar surface area (TPSA) is 138 Å². The number of carbonyl (C=O) groups is 3. The smallest absolute Gasteiger partial charge is 0.415 e. The first-order valence-electron chi connectivity index (χ1n) is 12.9. The minimum atomic E-state index is -0.526. The number of benzene rings is 1. The van der Waals surface area contributed by atoms with Gasteiger partial charge in [-0.05, 0) is 82.5 Å². The summed E-state index contributed by atoms with van der Waals surface area (Å²) in [5.74, 6) is 0.0773. The number of nitrogens with one attached hydrogen (secondary N) is 3. The van der Waals surface area contributed by atoms with Crippen molar-refractivity contribution in [3.63, 3.8) is 0 Å². The lowest BCUT2D eigenvalue weighted by molar-refractivity contribution is -0.120. The zero-order chi connectivity index (χ0) is 27.7. The first-order chi connectivity index (χ1) is 18.7. The molecular weight excluding hydrogens is 509 g/mol. The molecule has 0 saturated carbocycles. The van der Waals surface area contributed by atoms with Gasteiger partial charge in [0.25, 0.3) is 11.8 Å². The Labute approximate surface area is 225 Å². The molecule has 1 aromatic carbocycles. The largest absolute Gasteiger partial charge is 0.465 e. The molecule has 39 heavy (non-hydrogen) atoms. The molecule has 0 radical (unpaired) electrons. The number of rotatable bonds is 9. The van der Waals surface area contributed by atoms with Crippen LogP contribution in [0.5, 0.6) is 5.88 Å². The number of hydrogen-bond acceptors (Lipinski definition) is 9. The fraction of sp³-hybridized carbons (Fsp3) is 0.500. The number of amides is 3. The number of aromatic nitrogens is 2. The predicted molar refractivity (Wildman–Crippen MR) is 140 cm³/mol. The van der Waals surface area contributed by atoms with Gasteiger partial charge in [-0.2, -0.15) is 0 Å². The third-order valence-corrected chi connectivity index (χ3v) is 7.26. The average molecular weight is 542 g/mol. The van der Waals surface area contributed by atoms with Crippen molar-refractivity contribution in [2.24, 2.45) is 5.92 Å². The summed E-state index contributed by atoms with van der Waals surface area (Å²) in [6, 6.07) is 2.93. The third kappa shape index (κ3) is 5.93. The molecule has 3 N–H and O–H groups in total. The van der Waals surface area contributed by atoms with Gasteiger partial charge < -0.3 is 25.4 Å². The second kappa shape index (κ2) is 11.1. The summed E-state index contributed by atoms with van der Waals surface area (Å²) in [5.41, 5.74) is 2.10. The van der Waals surface area contributed by atoms with Gasteiger partial charge in [0.1, 0.15) is 11.9 Å². The number of nitrogens with zero attached hydrogens (tertiary/aromatic N) is 4. The van der Waals surface area contributed by atoms with E-state index in [-0.39, 0.29) is 59.8 Å². The van der Waals surface area contributed by atoms with Crippen LogP contribution in [-0.4, -0.2) is 85.3 Å². The van der Waals surface area contributed by atoms with E-state index < -0.39 is 6.09 Å². The van der Waals surface area contributed by atoms with Crippen LogP contribution in [0, 0.1) is 11.7 Å². The van der Waals surface area contributed by atoms with Crippen LogP contribution in [0.15, 0.2) is 18.3 Å². The quantitative estimate of drug-likeness (QED) is 0.404. The Morgan fingerprint density at radius 3 is 2.92 bits per heavy atom. The number of fused-ring (bicyclic) bond motifs is 2. The maximum atomic E-state index is 14.8. The van der Waals surface area contributed by atoms with E-state index in [4.69, 9.17) is 9.47 Å². The van der Waals surface area contributed by atoms with E-state index in [0.717, 1.165) is 12.0 Å². The molecule has 2 aromatic rings. The molecule has 12 nitrogen and oxygen atoms in total. The molecule has 208 valence electrons. The Morgan fingerprint density at radius 2 is 2.13 bits per heavy atom. The van der Waals surface area contributed by atoms with Crippen LogP contribution in [-0.2, 0) is 27.2 Å². The van der Waals surface area contributed by atoms with E-state index in [0.29, 0.717) is 43.7 Å². The summed E-state index contributed by atoms with van der Waals surface area (Å²) in [5, 5.41) is 8.79. The third-order valence-electron chi connectivity index (χ3n) is 7.26. The lowest BCUT2D eigenvalue weighted by Crippen LogP contribution is -2.37. The second-order valence-electron chi connectivity index (χ2n) is 10.3. The van der Waals surface area contributed by atoms with Gasteiger partial charge in [-0.15, -0.1) is 0 Å². The number of anilines is 3. The van der Waals surface area contributed by atoms with Crippen LogP contribution in [0.25, 0.3) is 0 Å². The highest BCUT2D eigenvalue weighted by molar-refractivity contribution is 5.95. The van der Waals surface area contributed by atoms with E-state index in [1.165, 1.54) is 17.2 Å². The van der Waals surface area contributed by atoms with Crippen molar-refractivity contribution in [2.45, 2.75) is 38.3 Å². The van der Waals surface area contributed by atoms with Crippen LogP contribution < -0.4 is 25.6 Å². The molecule has 2 unspecified atom stereocenters. The zero-order valence-electron chi connectivity index (χ0n) is 22.1. The lowest BCUT2D eigenvalue weighted by atomic mass is 10.1. The maximum absolute atomic E-state index is 14.8. The van der Waals surface area contributed by atoms with E-state index in [9.17, 15) is 18.8 Å². The summed E-state index contributed by atoms with van der Waals surface area (Å²) in [7, 11) is 3.64. The van der Waals surface area contributed by atoms with E-state index in [2.05, 4.69) is 25.9 Å².